The maximum Gasteiger partial charge on any atom is 0.224 e. The van der Waals surface area contributed by atoms with Crippen molar-refractivity contribution >= 4 is 17.5 Å². The summed E-state index contributed by atoms with van der Waals surface area (Å²) in [4.78, 5) is 13.8. The summed E-state index contributed by atoms with van der Waals surface area (Å²) in [5.41, 5.74) is 1.07. The average Bonchev–Trinajstić information content (AvgIpc) is 2.52. The molecule has 21 heavy (non-hydrogen) atoms. The first-order valence-corrected chi connectivity index (χ1v) is 7.47. The smallest absolute Gasteiger partial charge is 0.224 e. The first kappa shape index (κ1) is 16.1. The second-order valence-corrected chi connectivity index (χ2v) is 5.30. The molecule has 1 aliphatic heterocycles. The third-order valence-electron chi connectivity index (χ3n) is 3.42. The van der Waals surface area contributed by atoms with Crippen LogP contribution in [0.15, 0.2) is 18.2 Å². The SMILES string of the molecule is COc1ccc(CNCCC(=O)N2CCOCC2)cc1Cl. The summed E-state index contributed by atoms with van der Waals surface area (Å²) in [6, 6.07) is 5.68. The second-order valence-electron chi connectivity index (χ2n) is 4.89. The Morgan fingerprint density at radius 2 is 2.19 bits per heavy atom. The molecule has 0 atom stereocenters. The van der Waals surface area contributed by atoms with Crippen LogP contribution >= 0.6 is 11.6 Å². The molecule has 1 amide bonds. The topological polar surface area (TPSA) is 50.8 Å². The highest BCUT2D eigenvalue weighted by molar-refractivity contribution is 6.32. The van der Waals surface area contributed by atoms with Gasteiger partial charge in [0.05, 0.1) is 25.3 Å². The molecule has 1 heterocycles. The highest BCUT2D eigenvalue weighted by Crippen LogP contribution is 2.24. The fourth-order valence-electron chi connectivity index (χ4n) is 2.22. The lowest BCUT2D eigenvalue weighted by molar-refractivity contribution is -0.135. The molecule has 0 unspecified atom stereocenters. The quantitative estimate of drug-likeness (QED) is 0.812. The Morgan fingerprint density at radius 1 is 1.43 bits per heavy atom. The van der Waals surface area contributed by atoms with Crippen molar-refractivity contribution in [1.82, 2.24) is 10.2 Å². The molecule has 1 aromatic rings. The molecule has 1 saturated heterocycles. The Balaban J connectivity index is 1.69. The zero-order valence-electron chi connectivity index (χ0n) is 12.2. The van der Waals surface area contributed by atoms with Crippen molar-refractivity contribution in [3.63, 3.8) is 0 Å². The fourth-order valence-corrected chi connectivity index (χ4v) is 2.50. The Morgan fingerprint density at radius 3 is 2.86 bits per heavy atom. The number of ether oxygens (including phenoxy) is 2. The van der Waals surface area contributed by atoms with Crippen LogP contribution in [0.3, 0.4) is 0 Å². The van der Waals surface area contributed by atoms with E-state index in [-0.39, 0.29) is 5.91 Å². The van der Waals surface area contributed by atoms with Crippen LogP contribution < -0.4 is 10.1 Å². The molecule has 0 aromatic heterocycles. The molecule has 1 aliphatic rings. The van der Waals surface area contributed by atoms with Gasteiger partial charge in [-0.1, -0.05) is 17.7 Å². The highest BCUT2D eigenvalue weighted by atomic mass is 35.5. The van der Waals surface area contributed by atoms with Gasteiger partial charge in [0.1, 0.15) is 5.75 Å². The molecule has 0 bridgehead atoms. The van der Waals surface area contributed by atoms with Crippen LogP contribution in [0.25, 0.3) is 0 Å². The van der Waals surface area contributed by atoms with E-state index in [1.165, 1.54) is 0 Å². The average molecular weight is 313 g/mol. The van der Waals surface area contributed by atoms with Crippen molar-refractivity contribution in [1.29, 1.82) is 0 Å². The monoisotopic (exact) mass is 312 g/mol. The Labute approximate surface area is 130 Å². The minimum Gasteiger partial charge on any atom is -0.495 e. The van der Waals surface area contributed by atoms with Crippen molar-refractivity contribution in [2.75, 3.05) is 40.0 Å². The van der Waals surface area contributed by atoms with Gasteiger partial charge in [0.15, 0.2) is 0 Å². The normalized spacial score (nSPS) is 15.0. The number of carbonyl (C=O) groups excluding carboxylic acids is 1. The summed E-state index contributed by atoms with van der Waals surface area (Å²) in [5.74, 6) is 0.849. The lowest BCUT2D eigenvalue weighted by Gasteiger charge is -2.26. The zero-order valence-corrected chi connectivity index (χ0v) is 13.0. The van der Waals surface area contributed by atoms with Crippen molar-refractivity contribution in [3.05, 3.63) is 28.8 Å². The van der Waals surface area contributed by atoms with Crippen LogP contribution in [-0.4, -0.2) is 50.8 Å². The molecule has 116 valence electrons. The largest absolute Gasteiger partial charge is 0.495 e. The Kier molecular flexibility index (Phi) is 6.29. The Bertz CT molecular complexity index is 476. The third kappa shape index (κ3) is 4.88. The number of amides is 1. The maximum atomic E-state index is 11.9. The Hall–Kier alpha value is -1.30. The number of methoxy groups -OCH3 is 1. The van der Waals surface area contributed by atoms with Gasteiger partial charge in [0.25, 0.3) is 0 Å². The van der Waals surface area contributed by atoms with E-state index in [0.29, 0.717) is 56.6 Å². The number of carbonyl (C=O) groups is 1. The molecular formula is C15H21ClN2O3. The number of hydrogen-bond donors (Lipinski definition) is 1. The van der Waals surface area contributed by atoms with E-state index >= 15 is 0 Å². The van der Waals surface area contributed by atoms with Gasteiger partial charge in [-0.25, -0.2) is 0 Å². The number of benzene rings is 1. The van der Waals surface area contributed by atoms with Crippen LogP contribution in [0, 0.1) is 0 Å². The van der Waals surface area contributed by atoms with Crippen LogP contribution in [0.5, 0.6) is 5.75 Å². The van der Waals surface area contributed by atoms with E-state index in [2.05, 4.69) is 5.32 Å². The summed E-state index contributed by atoms with van der Waals surface area (Å²) in [6.45, 7) is 4.02. The lowest BCUT2D eigenvalue weighted by Crippen LogP contribution is -2.41. The summed E-state index contributed by atoms with van der Waals surface area (Å²) in [5, 5.41) is 3.86. The molecule has 0 radical (unpaired) electrons. The van der Waals surface area contributed by atoms with Crippen molar-refractivity contribution < 1.29 is 14.3 Å². The van der Waals surface area contributed by atoms with Crippen LogP contribution in [0.1, 0.15) is 12.0 Å². The van der Waals surface area contributed by atoms with Gasteiger partial charge in [0.2, 0.25) is 5.91 Å². The van der Waals surface area contributed by atoms with Crippen molar-refractivity contribution in [2.45, 2.75) is 13.0 Å². The van der Waals surface area contributed by atoms with Gasteiger partial charge in [0, 0.05) is 32.6 Å². The second kappa shape index (κ2) is 8.22. The van der Waals surface area contributed by atoms with Crippen LogP contribution in [0.4, 0.5) is 0 Å². The predicted octanol–water partition coefficient (Wildman–Crippen LogP) is 1.69. The summed E-state index contributed by atoms with van der Waals surface area (Å²) >= 11 is 6.07. The van der Waals surface area contributed by atoms with Crippen LogP contribution in [-0.2, 0) is 16.1 Å². The predicted molar refractivity (Wildman–Crippen MR) is 81.7 cm³/mol. The number of morpholine rings is 1. The molecule has 2 rings (SSSR count). The minimum atomic E-state index is 0.179. The molecular weight excluding hydrogens is 292 g/mol. The maximum absolute atomic E-state index is 11.9. The number of hydrogen-bond acceptors (Lipinski definition) is 4. The van der Waals surface area contributed by atoms with E-state index in [4.69, 9.17) is 21.1 Å². The van der Waals surface area contributed by atoms with E-state index in [1.54, 1.807) is 7.11 Å². The molecule has 1 fully saturated rings. The number of nitrogens with one attached hydrogen (secondary N) is 1. The summed E-state index contributed by atoms with van der Waals surface area (Å²) < 4.78 is 10.3. The van der Waals surface area contributed by atoms with Gasteiger partial charge in [-0.2, -0.15) is 0 Å². The number of halogens is 1. The van der Waals surface area contributed by atoms with Gasteiger partial charge in [-0.3, -0.25) is 4.79 Å². The van der Waals surface area contributed by atoms with Crippen molar-refractivity contribution in [3.8, 4) is 5.75 Å². The summed E-state index contributed by atoms with van der Waals surface area (Å²) in [7, 11) is 1.59. The van der Waals surface area contributed by atoms with Crippen molar-refractivity contribution in [2.24, 2.45) is 0 Å². The van der Waals surface area contributed by atoms with Gasteiger partial charge in [-0.05, 0) is 17.7 Å². The summed E-state index contributed by atoms with van der Waals surface area (Å²) in [6.07, 6.45) is 0.504. The lowest BCUT2D eigenvalue weighted by atomic mass is 10.2. The van der Waals surface area contributed by atoms with E-state index < -0.39 is 0 Å². The van der Waals surface area contributed by atoms with E-state index in [1.807, 2.05) is 23.1 Å². The molecule has 0 saturated carbocycles. The van der Waals surface area contributed by atoms with Gasteiger partial charge >= 0.3 is 0 Å². The molecule has 0 spiro atoms. The number of rotatable bonds is 6. The standard InChI is InChI=1S/C15H21ClN2O3/c1-20-14-3-2-12(10-13(14)16)11-17-5-4-15(19)18-6-8-21-9-7-18/h2-3,10,17H,4-9,11H2,1H3. The molecule has 5 nitrogen and oxygen atoms in total. The molecule has 0 aliphatic carbocycles. The third-order valence-corrected chi connectivity index (χ3v) is 3.72. The van der Waals surface area contributed by atoms with E-state index in [0.717, 1.165) is 5.56 Å². The van der Waals surface area contributed by atoms with E-state index in [9.17, 15) is 4.79 Å². The molecule has 6 heteroatoms. The zero-order chi connectivity index (χ0) is 15.1. The molecule has 1 aromatic carbocycles. The van der Waals surface area contributed by atoms with Gasteiger partial charge < -0.3 is 19.7 Å². The minimum absolute atomic E-state index is 0.179. The van der Waals surface area contributed by atoms with Crippen LogP contribution in [0.2, 0.25) is 5.02 Å². The first-order chi connectivity index (χ1) is 10.2. The fraction of sp³-hybridized carbons (Fsp3) is 0.533. The first-order valence-electron chi connectivity index (χ1n) is 7.09. The number of nitrogens with zero attached hydrogens (tertiary/aromatic N) is 1. The molecule has 1 N–H and O–H groups in total. The highest BCUT2D eigenvalue weighted by Gasteiger charge is 2.15. The van der Waals surface area contributed by atoms with Gasteiger partial charge in [-0.15, -0.1) is 0 Å².